The molecule has 3 aromatic rings. The fraction of sp³-hybridized carbons (Fsp3) is 0.333. The highest BCUT2D eigenvalue weighted by Gasteiger charge is 2.23. The molecule has 1 fully saturated rings. The molecule has 1 saturated heterocycles. The molecular formula is C21H25FN8O3S. The summed E-state index contributed by atoms with van der Waals surface area (Å²) in [6, 6.07) is 11.8. The number of urea groups is 1. The summed E-state index contributed by atoms with van der Waals surface area (Å²) in [6.45, 7) is 2.77. The number of nitrogens with zero attached hydrogens (tertiary/aromatic N) is 7. The molecule has 0 atom stereocenters. The van der Waals surface area contributed by atoms with Crippen LogP contribution < -0.4 is 5.32 Å². The van der Waals surface area contributed by atoms with Crippen LogP contribution in [0.2, 0.25) is 0 Å². The summed E-state index contributed by atoms with van der Waals surface area (Å²) >= 11 is 0. The van der Waals surface area contributed by atoms with Gasteiger partial charge in [0.2, 0.25) is 10.0 Å². The molecule has 11 nitrogen and oxygen atoms in total. The smallest absolute Gasteiger partial charge is 0.321 e. The van der Waals surface area contributed by atoms with Gasteiger partial charge in [0.25, 0.3) is 0 Å². The lowest BCUT2D eigenvalue weighted by molar-refractivity contribution is 0.140. The van der Waals surface area contributed by atoms with E-state index < -0.39 is 10.0 Å². The van der Waals surface area contributed by atoms with Crippen molar-refractivity contribution in [3.8, 4) is 5.69 Å². The number of nitrogens with one attached hydrogen (secondary N) is 1. The van der Waals surface area contributed by atoms with Crippen molar-refractivity contribution in [2.45, 2.75) is 11.4 Å². The van der Waals surface area contributed by atoms with Crippen LogP contribution in [0.25, 0.3) is 5.69 Å². The number of sulfonamides is 1. The van der Waals surface area contributed by atoms with Gasteiger partial charge in [-0.15, -0.1) is 5.10 Å². The molecule has 0 spiro atoms. The molecule has 0 saturated carbocycles. The Morgan fingerprint density at radius 1 is 1.03 bits per heavy atom. The third-order valence-electron chi connectivity index (χ3n) is 5.51. The molecule has 1 aromatic heterocycles. The van der Waals surface area contributed by atoms with E-state index in [1.165, 1.54) is 38.4 Å². The average molecular weight is 489 g/mol. The maximum Gasteiger partial charge on any atom is 0.321 e. The molecule has 0 aliphatic carbocycles. The van der Waals surface area contributed by atoms with Crippen molar-refractivity contribution >= 4 is 21.7 Å². The zero-order chi connectivity index (χ0) is 24.3. The Morgan fingerprint density at radius 2 is 1.68 bits per heavy atom. The highest BCUT2D eigenvalue weighted by molar-refractivity contribution is 7.89. The summed E-state index contributed by atoms with van der Waals surface area (Å²) < 4.78 is 40.2. The van der Waals surface area contributed by atoms with Crippen LogP contribution in [0.15, 0.2) is 53.4 Å². The summed E-state index contributed by atoms with van der Waals surface area (Å²) in [6.07, 6.45) is 0. The molecule has 0 unspecified atom stereocenters. The number of aromatic nitrogens is 4. The van der Waals surface area contributed by atoms with E-state index in [9.17, 15) is 17.6 Å². The summed E-state index contributed by atoms with van der Waals surface area (Å²) in [5.41, 5.74) is 1.19. The average Bonchev–Trinajstić information content (AvgIpc) is 3.28. The van der Waals surface area contributed by atoms with Gasteiger partial charge in [0.05, 0.1) is 17.1 Å². The fourth-order valence-corrected chi connectivity index (χ4v) is 4.42. The molecule has 1 N–H and O–H groups in total. The van der Waals surface area contributed by atoms with Crippen molar-refractivity contribution in [1.29, 1.82) is 0 Å². The number of carbonyl (C=O) groups excluding carboxylic acids is 1. The summed E-state index contributed by atoms with van der Waals surface area (Å²) in [7, 11) is -0.589. The van der Waals surface area contributed by atoms with Crippen LogP contribution >= 0.6 is 0 Å². The second kappa shape index (κ2) is 9.83. The minimum Gasteiger partial charge on any atom is -0.322 e. The molecule has 13 heteroatoms. The van der Waals surface area contributed by atoms with Crippen molar-refractivity contribution in [3.05, 3.63) is 60.2 Å². The van der Waals surface area contributed by atoms with Crippen LogP contribution in [0, 0.1) is 5.82 Å². The Kier molecular flexibility index (Phi) is 6.86. The largest absolute Gasteiger partial charge is 0.322 e. The Morgan fingerprint density at radius 3 is 2.29 bits per heavy atom. The molecule has 2 amide bonds. The number of benzene rings is 2. The summed E-state index contributed by atoms with van der Waals surface area (Å²) in [4.78, 5) is 16.6. The molecule has 2 heterocycles. The van der Waals surface area contributed by atoms with E-state index >= 15 is 0 Å². The molecule has 4 rings (SSSR count). The van der Waals surface area contributed by atoms with Crippen LogP contribution in [-0.4, -0.2) is 89.0 Å². The lowest BCUT2D eigenvalue weighted by atomic mass is 10.3. The number of halogens is 1. The van der Waals surface area contributed by atoms with Crippen LogP contribution in [0.1, 0.15) is 5.82 Å². The van der Waals surface area contributed by atoms with Crippen molar-refractivity contribution in [2.24, 2.45) is 0 Å². The van der Waals surface area contributed by atoms with Crippen LogP contribution in [0.4, 0.5) is 14.9 Å². The van der Waals surface area contributed by atoms with Crippen LogP contribution in [-0.2, 0) is 16.6 Å². The van der Waals surface area contributed by atoms with Gasteiger partial charge in [-0.1, -0.05) is 0 Å². The normalized spacial score (nSPS) is 15.0. The molecule has 0 radical (unpaired) electrons. The van der Waals surface area contributed by atoms with Crippen molar-refractivity contribution in [3.63, 3.8) is 0 Å². The SMILES string of the molecule is CN(C)S(=O)(=O)c1ccc(NC(=O)N2CCN(Cc3nnnn3-c3ccc(F)cc3)CC2)cc1. The maximum absolute atomic E-state index is 13.2. The zero-order valence-electron chi connectivity index (χ0n) is 18.8. The predicted molar refractivity (Wildman–Crippen MR) is 122 cm³/mol. The van der Waals surface area contributed by atoms with Gasteiger partial charge < -0.3 is 10.2 Å². The van der Waals surface area contributed by atoms with Crippen LogP contribution in [0.3, 0.4) is 0 Å². The number of amides is 2. The summed E-state index contributed by atoms with van der Waals surface area (Å²) in [5, 5.41) is 14.6. The lowest BCUT2D eigenvalue weighted by Crippen LogP contribution is -2.49. The van der Waals surface area contributed by atoms with E-state index in [4.69, 9.17) is 0 Å². The Balaban J connectivity index is 1.31. The molecule has 1 aliphatic heterocycles. The van der Waals surface area contributed by atoms with Gasteiger partial charge in [0, 0.05) is 46.0 Å². The Bertz CT molecular complexity index is 1240. The molecule has 2 aromatic carbocycles. The molecule has 0 bridgehead atoms. The van der Waals surface area contributed by atoms with E-state index in [-0.39, 0.29) is 16.7 Å². The number of anilines is 1. The minimum atomic E-state index is -3.52. The minimum absolute atomic E-state index is 0.159. The standard InChI is InChI=1S/C21H25FN8O3S/c1-27(2)34(32,33)19-9-5-17(6-10-19)23-21(31)29-13-11-28(12-14-29)15-20-24-25-26-30(20)18-7-3-16(22)4-8-18/h3-10H,11-15H2,1-2H3,(H,23,31). The molecule has 180 valence electrons. The first kappa shape index (κ1) is 23.7. The van der Waals surface area contributed by atoms with Gasteiger partial charge in [-0.05, 0) is 59.0 Å². The van der Waals surface area contributed by atoms with E-state index in [0.29, 0.717) is 49.9 Å². The Labute approximate surface area is 196 Å². The third-order valence-corrected chi connectivity index (χ3v) is 7.34. The lowest BCUT2D eigenvalue weighted by Gasteiger charge is -2.34. The first-order valence-electron chi connectivity index (χ1n) is 10.6. The number of carbonyl (C=O) groups is 1. The highest BCUT2D eigenvalue weighted by Crippen LogP contribution is 2.18. The molecule has 1 aliphatic rings. The monoisotopic (exact) mass is 488 g/mol. The van der Waals surface area contributed by atoms with E-state index in [0.717, 1.165) is 4.31 Å². The van der Waals surface area contributed by atoms with Gasteiger partial charge in [-0.3, -0.25) is 4.90 Å². The first-order chi connectivity index (χ1) is 16.2. The molecule has 34 heavy (non-hydrogen) atoms. The fourth-order valence-electron chi connectivity index (χ4n) is 3.52. The number of rotatable bonds is 6. The number of hydrogen-bond donors (Lipinski definition) is 1. The van der Waals surface area contributed by atoms with Crippen molar-refractivity contribution in [1.82, 2.24) is 34.3 Å². The van der Waals surface area contributed by atoms with Gasteiger partial charge in [0.15, 0.2) is 5.82 Å². The summed E-state index contributed by atoms with van der Waals surface area (Å²) in [5.74, 6) is 0.291. The van der Waals surface area contributed by atoms with Gasteiger partial charge >= 0.3 is 6.03 Å². The quantitative estimate of drug-likeness (QED) is 0.558. The zero-order valence-corrected chi connectivity index (χ0v) is 19.6. The first-order valence-corrected chi connectivity index (χ1v) is 12.0. The third kappa shape index (κ3) is 5.21. The second-order valence-electron chi connectivity index (χ2n) is 7.99. The topological polar surface area (TPSA) is 117 Å². The number of piperazine rings is 1. The van der Waals surface area contributed by atoms with Crippen molar-refractivity contribution < 1.29 is 17.6 Å². The molecular weight excluding hydrogens is 463 g/mol. The second-order valence-corrected chi connectivity index (χ2v) is 10.1. The van der Waals surface area contributed by atoms with Crippen LogP contribution in [0.5, 0.6) is 0 Å². The predicted octanol–water partition coefficient (Wildman–Crippen LogP) is 1.40. The van der Waals surface area contributed by atoms with Gasteiger partial charge in [0.1, 0.15) is 5.82 Å². The number of hydrogen-bond acceptors (Lipinski definition) is 7. The highest BCUT2D eigenvalue weighted by atomic mass is 32.2. The Hall–Kier alpha value is -3.42. The van der Waals surface area contributed by atoms with E-state index in [1.807, 2.05) is 0 Å². The van der Waals surface area contributed by atoms with Gasteiger partial charge in [-0.2, -0.15) is 4.68 Å². The number of tetrazole rings is 1. The van der Waals surface area contributed by atoms with E-state index in [1.54, 1.807) is 33.8 Å². The van der Waals surface area contributed by atoms with E-state index in [2.05, 4.69) is 25.7 Å². The maximum atomic E-state index is 13.2. The van der Waals surface area contributed by atoms with Crippen molar-refractivity contribution in [2.75, 3.05) is 45.6 Å². The van der Waals surface area contributed by atoms with Gasteiger partial charge in [-0.25, -0.2) is 21.9 Å².